The van der Waals surface area contributed by atoms with E-state index in [1.54, 1.807) is 6.92 Å². The first-order chi connectivity index (χ1) is 5.89. The van der Waals surface area contributed by atoms with Crippen molar-refractivity contribution in [1.82, 2.24) is 0 Å². The highest BCUT2D eigenvalue weighted by Crippen LogP contribution is 2.01. The fraction of sp³-hybridized carbons (Fsp3) is 0.700. The molecule has 14 heavy (non-hydrogen) atoms. The Morgan fingerprint density at radius 1 is 1.43 bits per heavy atom. The van der Waals surface area contributed by atoms with Crippen LogP contribution in [-0.2, 0) is 9.53 Å². The molecule has 0 spiro atoms. The molecule has 3 nitrogen and oxygen atoms in total. The number of nitrogens with zero attached hydrogens (tertiary/aromatic N) is 1. The van der Waals surface area contributed by atoms with Crippen molar-refractivity contribution in [2.24, 2.45) is 0 Å². The highest BCUT2D eigenvalue weighted by Gasteiger charge is 2.16. The summed E-state index contributed by atoms with van der Waals surface area (Å²) in [7, 11) is 4.07. The van der Waals surface area contributed by atoms with E-state index in [0.29, 0.717) is 16.8 Å². The van der Waals surface area contributed by atoms with Gasteiger partial charge in [-0.3, -0.25) is 4.48 Å². The standard InChI is InChI=1S/C10H20NO2.ClH/c1-6-7-11(4,5)8-13-10(12)9(2)3;/h2,6-8H2,1,3-5H3;1H/q+1;/p-1. The van der Waals surface area contributed by atoms with Gasteiger partial charge < -0.3 is 17.1 Å². The predicted octanol–water partition coefficient (Wildman–Crippen LogP) is -1.45. The zero-order valence-electron chi connectivity index (χ0n) is 9.47. The van der Waals surface area contributed by atoms with Crippen molar-refractivity contribution in [3.8, 4) is 0 Å². The fourth-order valence-corrected chi connectivity index (χ4v) is 1.03. The molecule has 0 rings (SSSR count). The van der Waals surface area contributed by atoms with Crippen LogP contribution in [0, 0.1) is 0 Å². The van der Waals surface area contributed by atoms with E-state index in [9.17, 15) is 4.79 Å². The number of rotatable bonds is 5. The molecule has 0 aromatic carbocycles. The van der Waals surface area contributed by atoms with E-state index < -0.39 is 0 Å². The third kappa shape index (κ3) is 6.92. The number of hydrogen-bond acceptors (Lipinski definition) is 2. The Morgan fingerprint density at radius 2 is 1.93 bits per heavy atom. The molecule has 0 aromatic heterocycles. The lowest BCUT2D eigenvalue weighted by molar-refractivity contribution is -0.907. The van der Waals surface area contributed by atoms with Gasteiger partial charge in [0.15, 0.2) is 0 Å². The molecule has 0 heterocycles. The molecule has 0 bridgehead atoms. The molecule has 0 aromatic rings. The number of halogens is 1. The van der Waals surface area contributed by atoms with Gasteiger partial charge in [0, 0.05) is 5.57 Å². The lowest BCUT2D eigenvalue weighted by Gasteiger charge is -2.28. The summed E-state index contributed by atoms with van der Waals surface area (Å²) in [6, 6.07) is 0. The van der Waals surface area contributed by atoms with Gasteiger partial charge in [-0.1, -0.05) is 13.5 Å². The Labute approximate surface area is 92.7 Å². The van der Waals surface area contributed by atoms with Gasteiger partial charge in [-0.2, -0.15) is 0 Å². The van der Waals surface area contributed by atoms with Crippen molar-refractivity contribution in [3.05, 3.63) is 12.2 Å². The number of carbonyl (C=O) groups excluding carboxylic acids is 1. The normalized spacial score (nSPS) is 10.3. The molecular weight excluding hydrogens is 202 g/mol. The monoisotopic (exact) mass is 221 g/mol. The molecule has 0 saturated heterocycles. The Bertz CT molecular complexity index is 202. The molecule has 0 aliphatic carbocycles. The van der Waals surface area contributed by atoms with E-state index in [1.165, 1.54) is 0 Å². The van der Waals surface area contributed by atoms with Crippen LogP contribution < -0.4 is 12.4 Å². The second-order valence-electron chi connectivity index (χ2n) is 4.00. The van der Waals surface area contributed by atoms with Crippen molar-refractivity contribution in [1.29, 1.82) is 0 Å². The van der Waals surface area contributed by atoms with Crippen LogP contribution in [0.2, 0.25) is 0 Å². The average molecular weight is 222 g/mol. The minimum Gasteiger partial charge on any atom is -1.00 e. The van der Waals surface area contributed by atoms with Crippen molar-refractivity contribution < 1.29 is 26.4 Å². The van der Waals surface area contributed by atoms with E-state index in [1.807, 2.05) is 14.1 Å². The number of carbonyl (C=O) groups is 1. The van der Waals surface area contributed by atoms with Gasteiger partial charge in [0.2, 0.25) is 6.73 Å². The summed E-state index contributed by atoms with van der Waals surface area (Å²) >= 11 is 0. The molecule has 0 unspecified atom stereocenters. The Morgan fingerprint density at radius 3 is 2.29 bits per heavy atom. The first-order valence-electron chi connectivity index (χ1n) is 4.53. The molecule has 0 amide bonds. The van der Waals surface area contributed by atoms with Gasteiger partial charge in [-0.15, -0.1) is 0 Å². The van der Waals surface area contributed by atoms with E-state index >= 15 is 0 Å². The molecule has 84 valence electrons. The minimum absolute atomic E-state index is 0. The van der Waals surface area contributed by atoms with E-state index in [0.717, 1.165) is 13.0 Å². The summed E-state index contributed by atoms with van der Waals surface area (Å²) in [5, 5.41) is 0. The van der Waals surface area contributed by atoms with Crippen molar-refractivity contribution >= 4 is 5.97 Å². The molecule has 4 heteroatoms. The van der Waals surface area contributed by atoms with Crippen LogP contribution in [0.5, 0.6) is 0 Å². The lowest BCUT2D eigenvalue weighted by atomic mass is 10.4. The zero-order chi connectivity index (χ0) is 10.5. The maximum Gasteiger partial charge on any atom is 0.337 e. The molecule has 0 fully saturated rings. The van der Waals surface area contributed by atoms with Crippen LogP contribution in [-0.4, -0.2) is 37.8 Å². The van der Waals surface area contributed by atoms with Gasteiger partial charge in [-0.05, 0) is 13.3 Å². The number of esters is 1. The highest BCUT2D eigenvalue weighted by molar-refractivity contribution is 5.86. The number of quaternary nitrogens is 1. The maximum absolute atomic E-state index is 11.1. The molecule has 0 aliphatic rings. The zero-order valence-corrected chi connectivity index (χ0v) is 10.2. The van der Waals surface area contributed by atoms with Crippen molar-refractivity contribution in [3.63, 3.8) is 0 Å². The van der Waals surface area contributed by atoms with E-state index in [-0.39, 0.29) is 18.4 Å². The third-order valence-corrected chi connectivity index (χ3v) is 1.72. The second-order valence-corrected chi connectivity index (χ2v) is 4.00. The molecule has 0 atom stereocenters. The molecular formula is C10H20ClNO2. The summed E-state index contributed by atoms with van der Waals surface area (Å²) in [5.41, 5.74) is 0.455. The largest absolute Gasteiger partial charge is 1.00 e. The van der Waals surface area contributed by atoms with Crippen LogP contribution in [0.3, 0.4) is 0 Å². The highest BCUT2D eigenvalue weighted by atomic mass is 35.5. The first-order valence-corrected chi connectivity index (χ1v) is 4.53. The summed E-state index contributed by atoms with van der Waals surface area (Å²) in [6.45, 7) is 8.71. The summed E-state index contributed by atoms with van der Waals surface area (Å²) < 4.78 is 5.76. The van der Waals surface area contributed by atoms with Gasteiger partial charge in [0.05, 0.1) is 20.6 Å². The number of ether oxygens (including phenoxy) is 1. The van der Waals surface area contributed by atoms with Crippen molar-refractivity contribution in [2.75, 3.05) is 27.4 Å². The smallest absolute Gasteiger partial charge is 0.337 e. The molecule has 0 radical (unpaired) electrons. The van der Waals surface area contributed by atoms with Crippen LogP contribution >= 0.6 is 0 Å². The lowest BCUT2D eigenvalue weighted by Crippen LogP contribution is -3.00. The van der Waals surface area contributed by atoms with E-state index in [4.69, 9.17) is 4.74 Å². The predicted molar refractivity (Wildman–Crippen MR) is 53.0 cm³/mol. The first kappa shape index (κ1) is 15.9. The van der Waals surface area contributed by atoms with Crippen LogP contribution in [0.1, 0.15) is 20.3 Å². The molecule has 0 N–H and O–H groups in total. The second kappa shape index (κ2) is 6.85. The average Bonchev–Trinajstić information content (AvgIpc) is 2.00. The van der Waals surface area contributed by atoms with E-state index in [2.05, 4.69) is 13.5 Å². The van der Waals surface area contributed by atoms with Crippen LogP contribution in [0.15, 0.2) is 12.2 Å². The van der Waals surface area contributed by atoms with Gasteiger partial charge >= 0.3 is 5.97 Å². The fourth-order valence-electron chi connectivity index (χ4n) is 1.03. The SMILES string of the molecule is C=C(C)C(=O)OC[N+](C)(C)CCC.[Cl-]. The number of hydrogen-bond donors (Lipinski definition) is 0. The van der Waals surface area contributed by atoms with Crippen LogP contribution in [0.4, 0.5) is 0 Å². The Hall–Kier alpha value is -0.540. The summed E-state index contributed by atoms with van der Waals surface area (Å²) in [4.78, 5) is 11.1. The molecule has 0 saturated carbocycles. The third-order valence-electron chi connectivity index (χ3n) is 1.72. The minimum atomic E-state index is -0.303. The van der Waals surface area contributed by atoms with Crippen molar-refractivity contribution in [2.45, 2.75) is 20.3 Å². The van der Waals surface area contributed by atoms with Crippen LogP contribution in [0.25, 0.3) is 0 Å². The molecule has 0 aliphatic heterocycles. The maximum atomic E-state index is 11.1. The summed E-state index contributed by atoms with van der Waals surface area (Å²) in [5.74, 6) is -0.303. The quantitative estimate of drug-likeness (QED) is 0.246. The summed E-state index contributed by atoms with van der Waals surface area (Å²) in [6.07, 6.45) is 1.08. The van der Waals surface area contributed by atoms with Gasteiger partial charge in [0.1, 0.15) is 0 Å². The van der Waals surface area contributed by atoms with Gasteiger partial charge in [0.25, 0.3) is 0 Å². The Balaban J connectivity index is 0. The Kier molecular flexibility index (Phi) is 7.78. The topological polar surface area (TPSA) is 26.3 Å². The van der Waals surface area contributed by atoms with Gasteiger partial charge in [-0.25, -0.2) is 4.79 Å².